The zero-order valence-electron chi connectivity index (χ0n) is 15.3. The van der Waals surface area contributed by atoms with Crippen LogP contribution in [0.5, 0.6) is 5.75 Å². The molecule has 0 spiro atoms. The first-order valence-electron chi connectivity index (χ1n) is 8.64. The molecule has 9 nitrogen and oxygen atoms in total. The molecule has 30 heavy (non-hydrogen) atoms. The van der Waals surface area contributed by atoms with Crippen molar-refractivity contribution < 1.29 is 33.1 Å². The average molecular weight is 418 g/mol. The first-order chi connectivity index (χ1) is 14.3. The van der Waals surface area contributed by atoms with E-state index in [1.165, 1.54) is 24.3 Å². The quantitative estimate of drug-likeness (QED) is 0.458. The highest BCUT2D eigenvalue weighted by molar-refractivity contribution is 5.92. The van der Waals surface area contributed by atoms with Gasteiger partial charge in [0.15, 0.2) is 5.82 Å². The Kier molecular flexibility index (Phi) is 6.32. The Balaban J connectivity index is 1.52. The second-order valence-corrected chi connectivity index (χ2v) is 6.18. The Morgan fingerprint density at radius 3 is 2.57 bits per heavy atom. The summed E-state index contributed by atoms with van der Waals surface area (Å²) in [5, 5.41) is 27.4. The largest absolute Gasteiger partial charge is 0.508 e. The molecule has 4 N–H and O–H groups in total. The normalized spacial score (nSPS) is 11.7. The molecule has 156 valence electrons. The third kappa shape index (κ3) is 5.35. The molecular weight excluding hydrogens is 402 g/mol. The average Bonchev–Trinajstić information content (AvgIpc) is 3.17. The summed E-state index contributed by atoms with van der Waals surface area (Å²) in [6, 6.07) is 8.47. The van der Waals surface area contributed by atoms with Gasteiger partial charge in [-0.1, -0.05) is 17.3 Å². The standard InChI is InChI=1S/C19H16F2N4O5/c20-11-3-6-14(13(21)7-11)23-17(28)8-16-24-19(30-25-16)18(29)22-9-15(27)10-1-4-12(26)5-2-10/h1-7,15,26-27H,8-9H2,(H,22,29)(H,23,28)/t15-/m0/s1. The number of aromatic nitrogens is 2. The zero-order valence-corrected chi connectivity index (χ0v) is 15.3. The lowest BCUT2D eigenvalue weighted by atomic mass is 10.1. The topological polar surface area (TPSA) is 138 Å². The summed E-state index contributed by atoms with van der Waals surface area (Å²) in [4.78, 5) is 27.8. The van der Waals surface area contributed by atoms with Crippen LogP contribution in [0, 0.1) is 11.6 Å². The second-order valence-electron chi connectivity index (χ2n) is 6.18. The summed E-state index contributed by atoms with van der Waals surface area (Å²) in [6.07, 6.45) is -1.45. The Hall–Kier alpha value is -3.86. The number of carbonyl (C=O) groups excluding carboxylic acids is 2. The van der Waals surface area contributed by atoms with Gasteiger partial charge in [0.1, 0.15) is 17.4 Å². The molecule has 0 aliphatic rings. The summed E-state index contributed by atoms with van der Waals surface area (Å²) >= 11 is 0. The second kappa shape index (κ2) is 9.09. The third-order valence-electron chi connectivity index (χ3n) is 3.92. The Labute approximate surface area is 168 Å². The third-order valence-corrected chi connectivity index (χ3v) is 3.92. The summed E-state index contributed by atoms with van der Waals surface area (Å²) in [5.74, 6) is -3.70. The predicted molar refractivity (Wildman–Crippen MR) is 98.4 cm³/mol. The van der Waals surface area contributed by atoms with Gasteiger partial charge in [-0.3, -0.25) is 9.59 Å². The van der Waals surface area contributed by atoms with Crippen LogP contribution in [0.3, 0.4) is 0 Å². The van der Waals surface area contributed by atoms with Crippen LogP contribution >= 0.6 is 0 Å². The van der Waals surface area contributed by atoms with E-state index < -0.39 is 41.9 Å². The number of phenolic OH excluding ortho intramolecular Hbond substituents is 1. The van der Waals surface area contributed by atoms with Crippen LogP contribution in [0.15, 0.2) is 47.0 Å². The lowest BCUT2D eigenvalue weighted by Gasteiger charge is -2.11. The molecule has 2 amide bonds. The van der Waals surface area contributed by atoms with Crippen molar-refractivity contribution in [2.45, 2.75) is 12.5 Å². The van der Waals surface area contributed by atoms with E-state index in [2.05, 4.69) is 20.8 Å². The maximum Gasteiger partial charge on any atom is 0.315 e. The van der Waals surface area contributed by atoms with E-state index in [9.17, 15) is 28.6 Å². The molecule has 3 aromatic rings. The number of nitrogens with one attached hydrogen (secondary N) is 2. The number of aliphatic hydroxyl groups is 1. The molecule has 0 aliphatic carbocycles. The summed E-state index contributed by atoms with van der Waals surface area (Å²) < 4.78 is 31.2. The molecule has 0 radical (unpaired) electrons. The lowest BCUT2D eigenvalue weighted by molar-refractivity contribution is -0.115. The number of halogens is 2. The fourth-order valence-electron chi connectivity index (χ4n) is 2.43. The number of hydrogen-bond donors (Lipinski definition) is 4. The Morgan fingerprint density at radius 1 is 1.13 bits per heavy atom. The van der Waals surface area contributed by atoms with Gasteiger partial charge in [-0.05, 0) is 29.8 Å². The van der Waals surface area contributed by atoms with Gasteiger partial charge in [-0.15, -0.1) is 0 Å². The monoisotopic (exact) mass is 418 g/mol. The number of aromatic hydroxyl groups is 1. The SMILES string of the molecule is O=C(Cc1noc(C(=O)NC[C@H](O)c2ccc(O)cc2)n1)Nc1ccc(F)cc1F. The number of carbonyl (C=O) groups is 2. The first kappa shape index (κ1) is 20.9. The molecule has 3 rings (SSSR count). The van der Waals surface area contributed by atoms with E-state index in [0.29, 0.717) is 11.6 Å². The first-order valence-corrected chi connectivity index (χ1v) is 8.64. The van der Waals surface area contributed by atoms with Crippen molar-refractivity contribution in [3.05, 3.63) is 71.4 Å². The number of anilines is 1. The van der Waals surface area contributed by atoms with Crippen molar-refractivity contribution in [1.82, 2.24) is 15.5 Å². The van der Waals surface area contributed by atoms with Crippen molar-refractivity contribution in [2.75, 3.05) is 11.9 Å². The van der Waals surface area contributed by atoms with Crippen LogP contribution in [-0.4, -0.2) is 38.7 Å². The van der Waals surface area contributed by atoms with Gasteiger partial charge in [0.25, 0.3) is 0 Å². The van der Waals surface area contributed by atoms with Gasteiger partial charge < -0.3 is 25.4 Å². The van der Waals surface area contributed by atoms with E-state index in [1.54, 1.807) is 0 Å². The fraction of sp³-hybridized carbons (Fsp3) is 0.158. The minimum Gasteiger partial charge on any atom is -0.508 e. The molecule has 2 aromatic carbocycles. The van der Waals surface area contributed by atoms with Crippen molar-refractivity contribution in [3.8, 4) is 5.75 Å². The minimum atomic E-state index is -1.03. The molecule has 0 unspecified atom stereocenters. The van der Waals surface area contributed by atoms with Crippen LogP contribution in [-0.2, 0) is 11.2 Å². The molecule has 0 bridgehead atoms. The Bertz CT molecular complexity index is 1060. The molecule has 0 saturated carbocycles. The van der Waals surface area contributed by atoms with E-state index in [1.807, 2.05) is 0 Å². The number of aliphatic hydroxyl groups excluding tert-OH is 1. The van der Waals surface area contributed by atoms with Crippen molar-refractivity contribution in [1.29, 1.82) is 0 Å². The zero-order chi connectivity index (χ0) is 21.7. The maximum atomic E-state index is 13.6. The van der Waals surface area contributed by atoms with Crippen LogP contribution in [0.4, 0.5) is 14.5 Å². The van der Waals surface area contributed by atoms with Crippen LogP contribution in [0.2, 0.25) is 0 Å². The molecule has 1 heterocycles. The number of phenols is 1. The van der Waals surface area contributed by atoms with E-state index in [-0.39, 0.29) is 23.8 Å². The maximum absolute atomic E-state index is 13.6. The highest BCUT2D eigenvalue weighted by Crippen LogP contribution is 2.17. The van der Waals surface area contributed by atoms with Gasteiger partial charge in [0.2, 0.25) is 5.91 Å². The van der Waals surface area contributed by atoms with Gasteiger partial charge >= 0.3 is 11.8 Å². The van der Waals surface area contributed by atoms with E-state index in [0.717, 1.165) is 12.1 Å². The van der Waals surface area contributed by atoms with Gasteiger partial charge in [0.05, 0.1) is 18.2 Å². The fourth-order valence-corrected chi connectivity index (χ4v) is 2.43. The van der Waals surface area contributed by atoms with Crippen molar-refractivity contribution in [3.63, 3.8) is 0 Å². The van der Waals surface area contributed by atoms with Crippen molar-refractivity contribution >= 4 is 17.5 Å². The van der Waals surface area contributed by atoms with Gasteiger partial charge in [-0.25, -0.2) is 8.78 Å². The lowest BCUT2D eigenvalue weighted by Crippen LogP contribution is -2.28. The molecule has 1 atom stereocenters. The van der Waals surface area contributed by atoms with Crippen LogP contribution < -0.4 is 10.6 Å². The molecule has 0 fully saturated rings. The van der Waals surface area contributed by atoms with Gasteiger partial charge in [-0.2, -0.15) is 4.98 Å². The minimum absolute atomic E-state index is 0.0413. The number of benzene rings is 2. The molecule has 1 aromatic heterocycles. The predicted octanol–water partition coefficient (Wildman–Crippen LogP) is 1.70. The molecule has 11 heteroatoms. The number of rotatable bonds is 7. The van der Waals surface area contributed by atoms with Gasteiger partial charge in [0, 0.05) is 12.6 Å². The molecule has 0 aliphatic heterocycles. The van der Waals surface area contributed by atoms with Crippen LogP contribution in [0.1, 0.15) is 28.2 Å². The number of hydrogen-bond acceptors (Lipinski definition) is 7. The van der Waals surface area contributed by atoms with E-state index in [4.69, 9.17) is 4.52 Å². The molecule has 0 saturated heterocycles. The highest BCUT2D eigenvalue weighted by atomic mass is 19.1. The molecular formula is C19H16F2N4O5. The van der Waals surface area contributed by atoms with Crippen LogP contribution in [0.25, 0.3) is 0 Å². The number of amides is 2. The summed E-state index contributed by atoms with van der Waals surface area (Å²) in [5.41, 5.74) is 0.259. The Morgan fingerprint density at radius 2 is 1.87 bits per heavy atom. The summed E-state index contributed by atoms with van der Waals surface area (Å²) in [6.45, 7) is -0.161. The summed E-state index contributed by atoms with van der Waals surface area (Å²) in [7, 11) is 0. The number of nitrogens with zero attached hydrogens (tertiary/aromatic N) is 2. The van der Waals surface area contributed by atoms with Crippen molar-refractivity contribution in [2.24, 2.45) is 0 Å². The van der Waals surface area contributed by atoms with E-state index >= 15 is 0 Å². The highest BCUT2D eigenvalue weighted by Gasteiger charge is 2.19. The smallest absolute Gasteiger partial charge is 0.315 e.